The molecule has 0 aliphatic heterocycles. The Morgan fingerprint density at radius 3 is 2.46 bits per heavy atom. The Kier molecular flexibility index (Phi) is 6.62. The highest BCUT2D eigenvalue weighted by Gasteiger charge is 1.91. The average molecular weight is 201 g/mol. The minimum atomic E-state index is 0. The molecule has 0 aromatic heterocycles. The van der Waals surface area contributed by atoms with Gasteiger partial charge in [0.2, 0.25) is 0 Å². The van der Waals surface area contributed by atoms with E-state index in [1.54, 1.807) is 0 Å². The number of hydrogen-bond acceptors (Lipinski definition) is 4. The molecule has 0 unspecified atom stereocenters. The van der Waals surface area contributed by atoms with Gasteiger partial charge in [0.25, 0.3) is 0 Å². The van der Waals surface area contributed by atoms with Gasteiger partial charge in [-0.3, -0.25) is 0 Å². The van der Waals surface area contributed by atoms with Crippen LogP contribution in [0.1, 0.15) is 18.6 Å². The van der Waals surface area contributed by atoms with Crippen molar-refractivity contribution in [2.45, 2.75) is 20.9 Å². The number of nitrogens with one attached hydrogen (secondary N) is 1. The molecule has 3 nitrogen and oxygen atoms in total. The van der Waals surface area contributed by atoms with Crippen molar-refractivity contribution >= 4 is 12.9 Å². The molecule has 1 aromatic rings. The highest BCUT2D eigenvalue weighted by atomic mass is 32.1. The third kappa shape index (κ3) is 4.90. The van der Waals surface area contributed by atoms with E-state index in [4.69, 9.17) is 0 Å². The molecule has 0 fully saturated rings. The first-order valence-corrected chi connectivity index (χ1v) is 3.95. The van der Waals surface area contributed by atoms with Crippen LogP contribution < -0.4 is 5.48 Å². The van der Waals surface area contributed by atoms with Crippen LogP contribution in [0.25, 0.3) is 0 Å². The fourth-order valence-corrected chi connectivity index (χ4v) is 0.898. The van der Waals surface area contributed by atoms with E-state index in [1.165, 1.54) is 5.56 Å². The van der Waals surface area contributed by atoms with E-state index in [0.29, 0.717) is 6.54 Å². The zero-order valence-corrected chi connectivity index (χ0v) is 7.67. The lowest BCUT2D eigenvalue weighted by Gasteiger charge is -2.01. The zero-order chi connectivity index (χ0) is 8.81. The largest absolute Gasteiger partial charge is 0.164 e. The second kappa shape index (κ2) is 6.91. The van der Waals surface area contributed by atoms with Gasteiger partial charge in [-0.15, -0.1) is 9.32 Å². The molecule has 74 valence electrons. The summed E-state index contributed by atoms with van der Waals surface area (Å²) in [5.41, 5.74) is 4.94. The lowest BCUT2D eigenvalue weighted by Crippen LogP contribution is -2.11. The second-order valence-corrected chi connectivity index (χ2v) is 2.61. The summed E-state index contributed by atoms with van der Waals surface area (Å²) in [6.45, 7) is 2.64. The summed E-state index contributed by atoms with van der Waals surface area (Å²) in [5.74, 6) is 0. The third-order valence-corrected chi connectivity index (χ3v) is 1.57. The fourth-order valence-electron chi connectivity index (χ4n) is 0.845. The summed E-state index contributed by atoms with van der Waals surface area (Å²) in [6, 6.07) is 8.12. The highest BCUT2D eigenvalue weighted by Crippen LogP contribution is 2.02. The fraction of sp³-hybridized carbons (Fsp3) is 0.333. The van der Waals surface area contributed by atoms with Crippen molar-refractivity contribution in [1.29, 1.82) is 0 Å². The van der Waals surface area contributed by atoms with Crippen molar-refractivity contribution in [2.75, 3.05) is 0 Å². The number of rotatable bonds is 4. The van der Waals surface area contributed by atoms with Crippen LogP contribution in [-0.4, -0.2) is 0 Å². The van der Waals surface area contributed by atoms with Crippen molar-refractivity contribution in [3.05, 3.63) is 35.4 Å². The number of thiol groups is 1. The van der Waals surface area contributed by atoms with Crippen molar-refractivity contribution in [3.63, 3.8) is 0 Å². The second-order valence-electron chi connectivity index (χ2n) is 2.46. The van der Waals surface area contributed by atoms with Crippen LogP contribution in [0.4, 0.5) is 0 Å². The van der Waals surface area contributed by atoms with E-state index in [2.05, 4.69) is 27.7 Å². The van der Waals surface area contributed by atoms with Gasteiger partial charge in [0.05, 0.1) is 0 Å². The first-order valence-electron chi connectivity index (χ1n) is 3.58. The Morgan fingerprint density at radius 1 is 1.31 bits per heavy atom. The minimum Gasteiger partial charge on any atom is -0.164 e. The molecule has 0 spiro atoms. The maximum absolute atomic E-state index is 4.38. The van der Waals surface area contributed by atoms with Crippen LogP contribution >= 0.6 is 12.9 Å². The van der Waals surface area contributed by atoms with Crippen LogP contribution in [-0.2, 0) is 15.9 Å². The average Bonchev–Trinajstić information content (AvgIpc) is 2.09. The van der Waals surface area contributed by atoms with E-state index < -0.39 is 0 Å². The summed E-state index contributed by atoms with van der Waals surface area (Å²) >= 11 is 3.40. The van der Waals surface area contributed by atoms with Gasteiger partial charge in [-0.1, -0.05) is 37.3 Å². The lowest BCUT2D eigenvalue weighted by atomic mass is 10.2. The van der Waals surface area contributed by atoms with E-state index in [0.717, 1.165) is 5.56 Å². The summed E-state index contributed by atoms with van der Waals surface area (Å²) in [6.07, 6.45) is 0. The molecule has 0 saturated carbocycles. The van der Waals surface area contributed by atoms with Crippen LogP contribution in [0.2, 0.25) is 0 Å². The van der Waals surface area contributed by atoms with Crippen molar-refractivity contribution in [1.82, 2.24) is 5.48 Å². The highest BCUT2D eigenvalue weighted by molar-refractivity contribution is 7.74. The van der Waals surface area contributed by atoms with E-state index in [9.17, 15) is 0 Å². The molecule has 0 aliphatic rings. The monoisotopic (exact) mass is 201 g/mol. The van der Waals surface area contributed by atoms with E-state index in [1.807, 2.05) is 31.2 Å². The van der Waals surface area contributed by atoms with Crippen molar-refractivity contribution in [2.24, 2.45) is 0 Å². The number of hydroxylamine groups is 1. The molecule has 4 heteroatoms. The summed E-state index contributed by atoms with van der Waals surface area (Å²) in [4.78, 5) is 4.38. The van der Waals surface area contributed by atoms with Crippen LogP contribution in [0.5, 0.6) is 0 Å². The Bertz CT molecular complexity index is 226. The van der Waals surface area contributed by atoms with Gasteiger partial charge >= 0.3 is 0 Å². The minimum absolute atomic E-state index is 0. The normalized spacial score (nSPS) is 9.38. The van der Waals surface area contributed by atoms with E-state index >= 15 is 0 Å². The van der Waals surface area contributed by atoms with E-state index in [-0.39, 0.29) is 7.43 Å². The summed E-state index contributed by atoms with van der Waals surface area (Å²) < 4.78 is 4.07. The van der Waals surface area contributed by atoms with Gasteiger partial charge in [0, 0.05) is 19.5 Å². The van der Waals surface area contributed by atoms with Crippen LogP contribution in [0.15, 0.2) is 24.3 Å². The van der Waals surface area contributed by atoms with Gasteiger partial charge in [0.1, 0.15) is 0 Å². The standard InChI is InChI=1S/C8H11NO2S.CH4/c1-7-2-4-8(5-3-7)6-9-10-11-12;/h2-5,9,12H,6H2,1H3;1H4. The first kappa shape index (κ1) is 12.4. The molecule has 0 radical (unpaired) electrons. The molecule has 0 atom stereocenters. The predicted octanol–water partition coefficient (Wildman–Crippen LogP) is 2.43. The Morgan fingerprint density at radius 2 is 1.92 bits per heavy atom. The molecule has 0 aliphatic carbocycles. The SMILES string of the molecule is C.Cc1ccc(CNOOS)cc1. The van der Waals surface area contributed by atoms with Crippen molar-refractivity contribution < 1.29 is 9.32 Å². The third-order valence-electron chi connectivity index (χ3n) is 1.49. The van der Waals surface area contributed by atoms with Crippen molar-refractivity contribution in [3.8, 4) is 0 Å². The molecule has 0 heterocycles. The molecular formula is C9H15NO2S. The number of benzene rings is 1. The van der Waals surface area contributed by atoms with Gasteiger partial charge in [-0.2, -0.15) is 5.48 Å². The molecule has 0 bridgehead atoms. The van der Waals surface area contributed by atoms with Gasteiger partial charge in [-0.25, -0.2) is 0 Å². The molecule has 1 rings (SSSR count). The lowest BCUT2D eigenvalue weighted by molar-refractivity contribution is -0.244. The molecule has 1 N–H and O–H groups in total. The molecular weight excluding hydrogens is 186 g/mol. The van der Waals surface area contributed by atoms with Crippen LogP contribution in [0, 0.1) is 6.92 Å². The predicted molar refractivity (Wildman–Crippen MR) is 55.9 cm³/mol. The van der Waals surface area contributed by atoms with Gasteiger partial charge < -0.3 is 0 Å². The summed E-state index contributed by atoms with van der Waals surface area (Å²) in [5, 5.41) is 0. The first-order chi connectivity index (χ1) is 5.83. The topological polar surface area (TPSA) is 30.5 Å². The zero-order valence-electron chi connectivity index (χ0n) is 6.78. The van der Waals surface area contributed by atoms with Gasteiger partial charge in [0.15, 0.2) is 0 Å². The smallest absolute Gasteiger partial charge is 0.0491 e. The summed E-state index contributed by atoms with van der Waals surface area (Å²) in [7, 11) is 0. The molecule has 1 aromatic carbocycles. The van der Waals surface area contributed by atoms with Gasteiger partial charge in [-0.05, 0) is 12.5 Å². The molecule has 0 amide bonds. The molecule has 0 saturated heterocycles. The maximum atomic E-state index is 4.38. The number of aryl methyl sites for hydroxylation is 1. The quantitative estimate of drug-likeness (QED) is 0.258. The molecule has 13 heavy (non-hydrogen) atoms. The Labute approximate surface area is 84.6 Å². The number of hydrogen-bond donors (Lipinski definition) is 2. The van der Waals surface area contributed by atoms with Crippen LogP contribution in [0.3, 0.4) is 0 Å². The maximum Gasteiger partial charge on any atom is 0.0491 e. The Hall–Kier alpha value is -0.550. The Balaban J connectivity index is 0.00000144.